The predicted molar refractivity (Wildman–Crippen MR) is 67.4 cm³/mol. The van der Waals surface area contributed by atoms with E-state index in [1.54, 1.807) is 11.9 Å². The fourth-order valence-electron chi connectivity index (χ4n) is 1.12. The monoisotopic (exact) mass is 235 g/mol. The van der Waals surface area contributed by atoms with E-state index in [2.05, 4.69) is 16.9 Å². The SMILES string of the molecule is Clc1ccc(NSc2ccccc2)cc1. The average molecular weight is 236 g/mol. The Morgan fingerprint density at radius 1 is 0.867 bits per heavy atom. The summed E-state index contributed by atoms with van der Waals surface area (Å²) in [5.41, 5.74) is 1.05. The van der Waals surface area contributed by atoms with Gasteiger partial charge in [0.1, 0.15) is 0 Å². The molecule has 0 aromatic heterocycles. The molecule has 15 heavy (non-hydrogen) atoms. The maximum Gasteiger partial charge on any atom is 0.0444 e. The van der Waals surface area contributed by atoms with E-state index < -0.39 is 0 Å². The molecule has 0 unspecified atom stereocenters. The molecule has 0 atom stereocenters. The van der Waals surface area contributed by atoms with Gasteiger partial charge in [0.15, 0.2) is 0 Å². The summed E-state index contributed by atoms with van der Waals surface area (Å²) in [6, 6.07) is 17.8. The smallest absolute Gasteiger partial charge is 0.0444 e. The van der Waals surface area contributed by atoms with Crippen LogP contribution in [-0.4, -0.2) is 0 Å². The molecule has 76 valence electrons. The fourth-order valence-corrected chi connectivity index (χ4v) is 1.92. The van der Waals surface area contributed by atoms with Gasteiger partial charge in [-0.05, 0) is 48.3 Å². The van der Waals surface area contributed by atoms with Crippen molar-refractivity contribution in [3.63, 3.8) is 0 Å². The van der Waals surface area contributed by atoms with E-state index in [9.17, 15) is 0 Å². The standard InChI is InChI=1S/C12H10ClNS/c13-10-6-8-11(9-7-10)14-15-12-4-2-1-3-5-12/h1-9,14H. The van der Waals surface area contributed by atoms with Gasteiger partial charge in [-0.25, -0.2) is 0 Å². The summed E-state index contributed by atoms with van der Waals surface area (Å²) in [4.78, 5) is 1.19. The lowest BCUT2D eigenvalue weighted by molar-refractivity contribution is 1.47. The van der Waals surface area contributed by atoms with E-state index >= 15 is 0 Å². The molecule has 1 nitrogen and oxygen atoms in total. The van der Waals surface area contributed by atoms with Crippen LogP contribution in [0.5, 0.6) is 0 Å². The Morgan fingerprint density at radius 2 is 1.53 bits per heavy atom. The third-order valence-corrected chi connectivity index (χ3v) is 2.97. The van der Waals surface area contributed by atoms with Crippen molar-refractivity contribution in [1.82, 2.24) is 0 Å². The van der Waals surface area contributed by atoms with Gasteiger partial charge < -0.3 is 4.72 Å². The molecule has 0 bridgehead atoms. The van der Waals surface area contributed by atoms with Gasteiger partial charge in [0, 0.05) is 15.6 Å². The van der Waals surface area contributed by atoms with Crippen LogP contribution in [0, 0.1) is 0 Å². The number of rotatable bonds is 3. The number of nitrogens with one attached hydrogen (secondary N) is 1. The highest BCUT2D eigenvalue weighted by molar-refractivity contribution is 8.00. The first-order chi connectivity index (χ1) is 7.34. The Morgan fingerprint density at radius 3 is 2.20 bits per heavy atom. The Labute approximate surface area is 98.6 Å². The van der Waals surface area contributed by atoms with Crippen LogP contribution >= 0.6 is 23.5 Å². The van der Waals surface area contributed by atoms with Crippen molar-refractivity contribution in [2.24, 2.45) is 0 Å². The molecular formula is C12H10ClNS. The zero-order valence-corrected chi connectivity index (χ0v) is 9.55. The van der Waals surface area contributed by atoms with E-state index in [4.69, 9.17) is 11.6 Å². The second-order valence-corrected chi connectivity index (χ2v) is 4.34. The molecular weight excluding hydrogens is 226 g/mol. The number of hydrogen-bond acceptors (Lipinski definition) is 2. The molecule has 0 aliphatic carbocycles. The van der Waals surface area contributed by atoms with Crippen molar-refractivity contribution in [2.75, 3.05) is 4.72 Å². The molecule has 0 spiro atoms. The van der Waals surface area contributed by atoms with Crippen molar-refractivity contribution in [3.05, 3.63) is 59.6 Å². The van der Waals surface area contributed by atoms with Gasteiger partial charge in [0.25, 0.3) is 0 Å². The van der Waals surface area contributed by atoms with Crippen LogP contribution in [0.15, 0.2) is 59.5 Å². The van der Waals surface area contributed by atoms with Crippen molar-refractivity contribution < 1.29 is 0 Å². The van der Waals surface area contributed by atoms with Crippen LogP contribution in [-0.2, 0) is 0 Å². The molecule has 0 heterocycles. The first-order valence-corrected chi connectivity index (χ1v) is 5.77. The van der Waals surface area contributed by atoms with Gasteiger partial charge in [0.05, 0.1) is 0 Å². The molecule has 0 fully saturated rings. The number of halogens is 1. The molecule has 2 aromatic rings. The van der Waals surface area contributed by atoms with Crippen molar-refractivity contribution in [2.45, 2.75) is 4.90 Å². The highest BCUT2D eigenvalue weighted by atomic mass is 35.5. The minimum atomic E-state index is 0.755. The Bertz CT molecular complexity index is 413. The lowest BCUT2D eigenvalue weighted by Crippen LogP contribution is -1.85. The van der Waals surface area contributed by atoms with E-state index in [1.807, 2.05) is 42.5 Å². The average Bonchev–Trinajstić information content (AvgIpc) is 2.30. The lowest BCUT2D eigenvalue weighted by Gasteiger charge is -2.04. The summed E-state index contributed by atoms with van der Waals surface area (Å²) in [7, 11) is 0. The summed E-state index contributed by atoms with van der Waals surface area (Å²) in [5, 5.41) is 0.755. The topological polar surface area (TPSA) is 12.0 Å². The lowest BCUT2D eigenvalue weighted by atomic mass is 10.3. The first kappa shape index (κ1) is 10.4. The number of benzene rings is 2. The van der Waals surface area contributed by atoms with Crippen LogP contribution in [0.2, 0.25) is 5.02 Å². The summed E-state index contributed by atoms with van der Waals surface area (Å²) in [6.07, 6.45) is 0. The normalized spacial score (nSPS) is 9.93. The van der Waals surface area contributed by atoms with Gasteiger partial charge in [-0.1, -0.05) is 29.8 Å². The van der Waals surface area contributed by atoms with Crippen molar-refractivity contribution in [1.29, 1.82) is 0 Å². The molecule has 0 saturated heterocycles. The van der Waals surface area contributed by atoms with Crippen molar-refractivity contribution >= 4 is 29.2 Å². The Balaban J connectivity index is 1.96. The molecule has 0 aliphatic rings. The highest BCUT2D eigenvalue weighted by Gasteiger charge is 1.93. The van der Waals surface area contributed by atoms with E-state index in [0.717, 1.165) is 10.7 Å². The van der Waals surface area contributed by atoms with E-state index in [0.29, 0.717) is 0 Å². The highest BCUT2D eigenvalue weighted by Crippen LogP contribution is 2.21. The molecule has 1 N–H and O–H groups in total. The number of hydrogen-bond donors (Lipinski definition) is 1. The second-order valence-electron chi connectivity index (χ2n) is 3.02. The molecule has 2 aromatic carbocycles. The second kappa shape index (κ2) is 5.10. The first-order valence-electron chi connectivity index (χ1n) is 4.58. The maximum atomic E-state index is 5.79. The van der Waals surface area contributed by atoms with Crippen LogP contribution in [0.25, 0.3) is 0 Å². The predicted octanol–water partition coefficient (Wildman–Crippen LogP) is 4.46. The minimum Gasteiger partial charge on any atom is -0.326 e. The molecule has 0 saturated carbocycles. The van der Waals surface area contributed by atoms with Crippen LogP contribution in [0.4, 0.5) is 5.69 Å². The van der Waals surface area contributed by atoms with Gasteiger partial charge in [0.2, 0.25) is 0 Å². The van der Waals surface area contributed by atoms with Gasteiger partial charge in [-0.3, -0.25) is 0 Å². The zero-order valence-electron chi connectivity index (χ0n) is 7.98. The van der Waals surface area contributed by atoms with Crippen LogP contribution < -0.4 is 4.72 Å². The van der Waals surface area contributed by atoms with Gasteiger partial charge in [-0.2, -0.15) is 0 Å². The molecule has 0 amide bonds. The quantitative estimate of drug-likeness (QED) is 0.789. The fraction of sp³-hybridized carbons (Fsp3) is 0. The van der Waals surface area contributed by atoms with Crippen molar-refractivity contribution in [3.8, 4) is 0 Å². The Kier molecular flexibility index (Phi) is 3.54. The molecule has 2 rings (SSSR count). The van der Waals surface area contributed by atoms with Gasteiger partial charge >= 0.3 is 0 Å². The molecule has 0 radical (unpaired) electrons. The van der Waals surface area contributed by atoms with Crippen LogP contribution in [0.1, 0.15) is 0 Å². The van der Waals surface area contributed by atoms with E-state index in [1.165, 1.54) is 4.90 Å². The number of anilines is 1. The molecule has 0 aliphatic heterocycles. The molecule has 3 heteroatoms. The van der Waals surface area contributed by atoms with Crippen LogP contribution in [0.3, 0.4) is 0 Å². The summed E-state index contributed by atoms with van der Waals surface area (Å²) in [5.74, 6) is 0. The maximum absolute atomic E-state index is 5.79. The summed E-state index contributed by atoms with van der Waals surface area (Å²) < 4.78 is 3.25. The van der Waals surface area contributed by atoms with E-state index in [-0.39, 0.29) is 0 Å². The van der Waals surface area contributed by atoms with Gasteiger partial charge in [-0.15, -0.1) is 0 Å². The summed E-state index contributed by atoms with van der Waals surface area (Å²) >= 11 is 7.38. The third kappa shape index (κ3) is 3.18. The summed E-state index contributed by atoms with van der Waals surface area (Å²) in [6.45, 7) is 0. The largest absolute Gasteiger partial charge is 0.326 e. The zero-order chi connectivity index (χ0) is 10.5. The Hall–Kier alpha value is -1.12. The minimum absolute atomic E-state index is 0.755. The third-order valence-electron chi connectivity index (χ3n) is 1.87.